The molecule has 0 fully saturated rings. The van der Waals surface area contributed by atoms with Crippen molar-refractivity contribution >= 4 is 6.08 Å². The average Bonchev–Trinajstić information content (AvgIpc) is 2.38. The Hall–Kier alpha value is -1.96. The predicted octanol–water partition coefficient (Wildman–Crippen LogP) is 4.78. The van der Waals surface area contributed by atoms with E-state index in [0.29, 0.717) is 0 Å². The topological polar surface area (TPSA) is 0 Å². The van der Waals surface area contributed by atoms with Crippen LogP contribution in [0.1, 0.15) is 24.0 Å². The van der Waals surface area contributed by atoms with Crippen molar-refractivity contribution in [3.8, 4) is 0 Å². The zero-order valence-corrected chi connectivity index (χ0v) is 10.1. The highest BCUT2D eigenvalue weighted by Gasteiger charge is 2.01. The maximum Gasteiger partial charge on any atom is 0.123 e. The Labute approximate surface area is 106 Å². The van der Waals surface area contributed by atoms with Gasteiger partial charge in [-0.2, -0.15) is 0 Å². The molecule has 0 radical (unpaired) electrons. The highest BCUT2D eigenvalue weighted by Crippen LogP contribution is 2.18. The summed E-state index contributed by atoms with van der Waals surface area (Å²) in [5.41, 5.74) is 2.00. The fourth-order valence-electron chi connectivity index (χ4n) is 1.71. The van der Waals surface area contributed by atoms with E-state index in [0.717, 1.165) is 11.1 Å². The van der Waals surface area contributed by atoms with E-state index in [1.165, 1.54) is 24.3 Å². The summed E-state index contributed by atoms with van der Waals surface area (Å²) in [5, 5.41) is 0. The third kappa shape index (κ3) is 3.27. The number of hydrogen-bond acceptors (Lipinski definition) is 0. The Morgan fingerprint density at radius 2 is 1.33 bits per heavy atom. The quantitative estimate of drug-likeness (QED) is 0.728. The summed E-state index contributed by atoms with van der Waals surface area (Å²) < 4.78 is 25.5. The third-order valence-corrected chi connectivity index (χ3v) is 2.84. The Balaban J connectivity index is 2.08. The van der Waals surface area contributed by atoms with Gasteiger partial charge in [-0.25, -0.2) is 8.78 Å². The molecule has 0 N–H and O–H groups in total. The maximum atomic E-state index is 12.8. The van der Waals surface area contributed by atoms with Gasteiger partial charge in [-0.05, 0) is 41.3 Å². The first-order valence-electron chi connectivity index (χ1n) is 5.84. The Morgan fingerprint density at radius 1 is 0.833 bits per heavy atom. The van der Waals surface area contributed by atoms with Gasteiger partial charge in [0.15, 0.2) is 0 Å². The molecule has 0 bridgehead atoms. The molecule has 0 spiro atoms. The first kappa shape index (κ1) is 12.5. The van der Waals surface area contributed by atoms with Crippen LogP contribution in [0.2, 0.25) is 0 Å². The van der Waals surface area contributed by atoms with Crippen molar-refractivity contribution in [1.82, 2.24) is 0 Å². The Bertz CT molecular complexity index is 524. The number of benzene rings is 2. The van der Waals surface area contributed by atoms with Crippen molar-refractivity contribution < 1.29 is 8.78 Å². The van der Waals surface area contributed by atoms with Crippen LogP contribution in [0.15, 0.2) is 54.6 Å². The van der Waals surface area contributed by atoms with Crippen LogP contribution in [0.25, 0.3) is 6.08 Å². The van der Waals surface area contributed by atoms with Gasteiger partial charge in [0.05, 0.1) is 0 Å². The Kier molecular flexibility index (Phi) is 3.88. The standard InChI is InChI=1S/C16H14F2/c1-12(14-6-10-16(18)11-7-14)2-3-13-4-8-15(17)9-5-13/h2-12H,1H3. The molecule has 18 heavy (non-hydrogen) atoms. The average molecular weight is 244 g/mol. The smallest absolute Gasteiger partial charge is 0.123 e. The molecule has 0 aliphatic rings. The van der Waals surface area contributed by atoms with Gasteiger partial charge in [0.25, 0.3) is 0 Å². The van der Waals surface area contributed by atoms with Gasteiger partial charge in [-0.1, -0.05) is 43.3 Å². The molecule has 0 saturated carbocycles. The molecule has 2 rings (SSSR count). The lowest BCUT2D eigenvalue weighted by Crippen LogP contribution is -1.89. The lowest BCUT2D eigenvalue weighted by atomic mass is 10.00. The lowest BCUT2D eigenvalue weighted by Gasteiger charge is -2.06. The van der Waals surface area contributed by atoms with Crippen LogP contribution in [-0.4, -0.2) is 0 Å². The molecule has 92 valence electrons. The van der Waals surface area contributed by atoms with Gasteiger partial charge in [0.1, 0.15) is 11.6 Å². The fraction of sp³-hybridized carbons (Fsp3) is 0.125. The van der Waals surface area contributed by atoms with Crippen molar-refractivity contribution in [2.75, 3.05) is 0 Å². The summed E-state index contributed by atoms with van der Waals surface area (Å²) in [4.78, 5) is 0. The molecule has 0 saturated heterocycles. The summed E-state index contributed by atoms with van der Waals surface area (Å²) in [6.45, 7) is 2.03. The number of halogens is 2. The largest absolute Gasteiger partial charge is 0.207 e. The zero-order valence-electron chi connectivity index (χ0n) is 10.1. The maximum absolute atomic E-state index is 12.8. The number of rotatable bonds is 3. The number of hydrogen-bond donors (Lipinski definition) is 0. The molecule has 1 atom stereocenters. The normalized spacial score (nSPS) is 12.8. The lowest BCUT2D eigenvalue weighted by molar-refractivity contribution is 0.626. The van der Waals surface area contributed by atoms with Crippen molar-refractivity contribution in [2.24, 2.45) is 0 Å². The summed E-state index contributed by atoms with van der Waals surface area (Å²) in [6.07, 6.45) is 3.95. The van der Waals surface area contributed by atoms with E-state index in [4.69, 9.17) is 0 Å². The van der Waals surface area contributed by atoms with Crippen LogP contribution in [0.5, 0.6) is 0 Å². The second-order valence-corrected chi connectivity index (χ2v) is 4.25. The molecule has 0 amide bonds. The van der Waals surface area contributed by atoms with E-state index < -0.39 is 0 Å². The van der Waals surface area contributed by atoms with Gasteiger partial charge in [-0.15, -0.1) is 0 Å². The monoisotopic (exact) mass is 244 g/mol. The van der Waals surface area contributed by atoms with Crippen LogP contribution in [0.3, 0.4) is 0 Å². The zero-order chi connectivity index (χ0) is 13.0. The molecule has 0 aliphatic carbocycles. The van der Waals surface area contributed by atoms with E-state index in [1.54, 1.807) is 24.3 Å². The molecule has 2 aromatic carbocycles. The van der Waals surface area contributed by atoms with E-state index >= 15 is 0 Å². The summed E-state index contributed by atoms with van der Waals surface area (Å²) in [5.74, 6) is -0.275. The Morgan fingerprint density at radius 3 is 1.89 bits per heavy atom. The van der Waals surface area contributed by atoms with Gasteiger partial charge in [-0.3, -0.25) is 0 Å². The molecule has 2 aromatic rings. The van der Waals surface area contributed by atoms with Crippen LogP contribution in [-0.2, 0) is 0 Å². The predicted molar refractivity (Wildman–Crippen MR) is 70.2 cm³/mol. The molecule has 0 heterocycles. The van der Waals surface area contributed by atoms with Gasteiger partial charge in [0, 0.05) is 0 Å². The molecular weight excluding hydrogens is 230 g/mol. The minimum Gasteiger partial charge on any atom is -0.207 e. The van der Waals surface area contributed by atoms with Crippen molar-refractivity contribution in [3.63, 3.8) is 0 Å². The molecule has 1 unspecified atom stereocenters. The van der Waals surface area contributed by atoms with E-state index in [-0.39, 0.29) is 17.6 Å². The molecule has 0 aliphatic heterocycles. The van der Waals surface area contributed by atoms with E-state index in [9.17, 15) is 8.78 Å². The van der Waals surface area contributed by atoms with Gasteiger partial charge < -0.3 is 0 Å². The molecule has 2 heteroatoms. The summed E-state index contributed by atoms with van der Waals surface area (Å²) in [7, 11) is 0. The van der Waals surface area contributed by atoms with Gasteiger partial charge in [0.2, 0.25) is 0 Å². The summed E-state index contributed by atoms with van der Waals surface area (Å²) >= 11 is 0. The van der Waals surface area contributed by atoms with Crippen molar-refractivity contribution in [2.45, 2.75) is 12.8 Å². The molecule has 0 aromatic heterocycles. The minimum atomic E-state index is -0.237. The highest BCUT2D eigenvalue weighted by molar-refractivity contribution is 5.50. The second kappa shape index (κ2) is 5.58. The van der Waals surface area contributed by atoms with Crippen LogP contribution >= 0.6 is 0 Å². The van der Waals surface area contributed by atoms with Crippen molar-refractivity contribution in [3.05, 3.63) is 77.4 Å². The first-order chi connectivity index (χ1) is 8.65. The first-order valence-corrected chi connectivity index (χ1v) is 5.84. The van der Waals surface area contributed by atoms with Crippen LogP contribution < -0.4 is 0 Å². The minimum absolute atomic E-state index is 0.190. The molecular formula is C16H14F2. The fourth-order valence-corrected chi connectivity index (χ4v) is 1.71. The third-order valence-electron chi connectivity index (χ3n) is 2.84. The van der Waals surface area contributed by atoms with Crippen LogP contribution in [0.4, 0.5) is 8.78 Å². The van der Waals surface area contributed by atoms with Gasteiger partial charge >= 0.3 is 0 Å². The molecule has 0 nitrogen and oxygen atoms in total. The highest BCUT2D eigenvalue weighted by atomic mass is 19.1. The second-order valence-electron chi connectivity index (χ2n) is 4.25. The SMILES string of the molecule is CC(C=Cc1ccc(F)cc1)c1ccc(F)cc1. The van der Waals surface area contributed by atoms with E-state index in [2.05, 4.69) is 0 Å². The summed E-state index contributed by atoms with van der Waals surface area (Å²) in [6, 6.07) is 12.8. The van der Waals surface area contributed by atoms with Crippen LogP contribution in [0, 0.1) is 11.6 Å². The number of allylic oxidation sites excluding steroid dienone is 1. The van der Waals surface area contributed by atoms with E-state index in [1.807, 2.05) is 19.1 Å². The van der Waals surface area contributed by atoms with Crippen molar-refractivity contribution in [1.29, 1.82) is 0 Å².